The Morgan fingerprint density at radius 3 is 2.69 bits per heavy atom. The molecule has 1 unspecified atom stereocenters. The SMILES string of the molecule is CC(=O)N(CC(=O)O)C1C[C@H]2CC[C@@H](C1)N2Cc1c[nH]c2cc(Oc3nc4ccccc4s3)ccc12. The Kier molecular flexibility index (Phi) is 5.89. The maximum atomic E-state index is 12.1. The number of aliphatic carboxylic acids is 1. The van der Waals surface area contributed by atoms with Crippen LogP contribution in [-0.4, -0.2) is 61.4 Å². The molecule has 2 aromatic heterocycles. The quantitative estimate of drug-likeness (QED) is 0.368. The number of carbonyl (C=O) groups excluding carboxylic acids is 1. The van der Waals surface area contributed by atoms with Crippen LogP contribution in [0, 0.1) is 0 Å². The van der Waals surface area contributed by atoms with Gasteiger partial charge in [-0.05, 0) is 55.5 Å². The molecular weight excluding hydrogens is 476 g/mol. The number of carboxylic acid groups (broad SMARTS) is 1. The Bertz CT molecular complexity index is 1400. The molecule has 2 aromatic carbocycles. The van der Waals surface area contributed by atoms with Crippen molar-refractivity contribution in [3.8, 4) is 10.9 Å². The van der Waals surface area contributed by atoms with E-state index in [-0.39, 0.29) is 18.5 Å². The van der Waals surface area contributed by atoms with Crippen molar-refractivity contribution in [2.24, 2.45) is 0 Å². The van der Waals surface area contributed by atoms with E-state index >= 15 is 0 Å². The number of thiazole rings is 1. The van der Waals surface area contributed by atoms with Crippen LogP contribution in [0.1, 0.15) is 38.2 Å². The smallest absolute Gasteiger partial charge is 0.323 e. The number of amides is 1. The normalized spacial score (nSPS) is 21.8. The Labute approximate surface area is 212 Å². The largest absolute Gasteiger partial charge is 0.480 e. The van der Waals surface area contributed by atoms with Crippen molar-refractivity contribution in [2.75, 3.05) is 6.54 Å². The molecule has 2 saturated heterocycles. The Balaban J connectivity index is 1.16. The van der Waals surface area contributed by atoms with Gasteiger partial charge in [0, 0.05) is 54.8 Å². The van der Waals surface area contributed by atoms with Gasteiger partial charge < -0.3 is 19.7 Å². The van der Waals surface area contributed by atoms with E-state index in [9.17, 15) is 14.7 Å². The highest BCUT2D eigenvalue weighted by Gasteiger charge is 2.43. The van der Waals surface area contributed by atoms with Gasteiger partial charge in [0.25, 0.3) is 5.19 Å². The van der Waals surface area contributed by atoms with Gasteiger partial charge >= 0.3 is 5.97 Å². The molecule has 9 heteroatoms. The molecule has 4 heterocycles. The van der Waals surface area contributed by atoms with E-state index in [2.05, 4.69) is 27.1 Å². The van der Waals surface area contributed by atoms with Crippen LogP contribution < -0.4 is 4.74 Å². The van der Waals surface area contributed by atoms with Gasteiger partial charge in [-0.25, -0.2) is 4.98 Å². The van der Waals surface area contributed by atoms with E-state index in [1.807, 2.05) is 36.4 Å². The van der Waals surface area contributed by atoms with Crippen molar-refractivity contribution in [2.45, 2.75) is 57.3 Å². The molecule has 2 fully saturated rings. The van der Waals surface area contributed by atoms with Crippen molar-refractivity contribution in [3.05, 3.63) is 54.2 Å². The molecule has 0 aliphatic carbocycles. The van der Waals surface area contributed by atoms with Crippen LogP contribution in [0.2, 0.25) is 0 Å². The topological polar surface area (TPSA) is 98.8 Å². The number of aromatic amines is 1. The summed E-state index contributed by atoms with van der Waals surface area (Å²) in [5, 5.41) is 11.0. The number of carbonyl (C=O) groups is 2. The molecule has 1 amide bonds. The maximum absolute atomic E-state index is 12.1. The summed E-state index contributed by atoms with van der Waals surface area (Å²) in [6.07, 6.45) is 5.90. The van der Waals surface area contributed by atoms with Crippen LogP contribution in [0.25, 0.3) is 21.1 Å². The number of nitrogens with one attached hydrogen (secondary N) is 1. The lowest BCUT2D eigenvalue weighted by Crippen LogP contribution is -2.52. The third-order valence-electron chi connectivity index (χ3n) is 7.58. The monoisotopic (exact) mass is 504 g/mol. The van der Waals surface area contributed by atoms with Crippen molar-refractivity contribution in [1.82, 2.24) is 19.8 Å². The van der Waals surface area contributed by atoms with E-state index in [1.54, 1.807) is 4.90 Å². The molecule has 0 spiro atoms. The highest BCUT2D eigenvalue weighted by molar-refractivity contribution is 7.20. The molecule has 8 nitrogen and oxygen atoms in total. The lowest BCUT2D eigenvalue weighted by Gasteiger charge is -2.42. The van der Waals surface area contributed by atoms with E-state index in [0.29, 0.717) is 17.3 Å². The van der Waals surface area contributed by atoms with E-state index < -0.39 is 5.97 Å². The minimum Gasteiger partial charge on any atom is -0.480 e. The first-order valence-corrected chi connectivity index (χ1v) is 13.1. The molecule has 2 aliphatic rings. The molecule has 2 bridgehead atoms. The van der Waals surface area contributed by atoms with Crippen molar-refractivity contribution in [3.63, 3.8) is 0 Å². The fraction of sp³-hybridized carbons (Fsp3) is 0.370. The summed E-state index contributed by atoms with van der Waals surface area (Å²) in [7, 11) is 0. The second-order valence-corrected chi connectivity index (χ2v) is 10.8. The van der Waals surface area contributed by atoms with Crippen molar-refractivity contribution in [1.29, 1.82) is 0 Å². The molecule has 2 N–H and O–H groups in total. The Morgan fingerprint density at radius 2 is 1.97 bits per heavy atom. The predicted octanol–water partition coefficient (Wildman–Crippen LogP) is 5.00. The molecule has 6 rings (SSSR count). The number of H-pyrrole nitrogens is 1. The van der Waals surface area contributed by atoms with Crippen LogP contribution in [0.4, 0.5) is 0 Å². The first-order valence-electron chi connectivity index (χ1n) is 12.3. The summed E-state index contributed by atoms with van der Waals surface area (Å²) in [5.74, 6) is -0.361. The summed E-state index contributed by atoms with van der Waals surface area (Å²) in [4.78, 5) is 35.5. The number of benzene rings is 2. The van der Waals surface area contributed by atoms with Gasteiger partial charge in [-0.3, -0.25) is 14.5 Å². The number of aromatic nitrogens is 2. The molecule has 0 saturated carbocycles. The average molecular weight is 505 g/mol. The maximum Gasteiger partial charge on any atom is 0.323 e. The number of hydrogen-bond donors (Lipinski definition) is 2. The summed E-state index contributed by atoms with van der Waals surface area (Å²) in [5.41, 5.74) is 3.20. The average Bonchev–Trinajstić information content (AvgIpc) is 3.50. The zero-order chi connectivity index (χ0) is 24.8. The van der Waals surface area contributed by atoms with E-state index in [4.69, 9.17) is 4.74 Å². The van der Waals surface area contributed by atoms with Gasteiger partial charge in [0.05, 0.1) is 10.2 Å². The third kappa shape index (κ3) is 4.33. The van der Waals surface area contributed by atoms with Crippen LogP contribution in [-0.2, 0) is 16.1 Å². The molecule has 36 heavy (non-hydrogen) atoms. The lowest BCUT2D eigenvalue weighted by molar-refractivity contribution is -0.146. The standard InChI is InChI=1S/C27H28N4O4S/c1-16(32)30(15-26(33)34)20-10-18-6-7-19(11-20)31(18)14-17-13-28-24-12-21(8-9-22(17)24)35-27-29-23-4-2-3-5-25(23)36-27/h2-5,8-9,12-13,18-20,28H,6-7,10-11,14-15H2,1H3,(H,33,34)/t18-,19+,20?. The number of carboxylic acids is 1. The number of ether oxygens (including phenoxy) is 1. The van der Waals surface area contributed by atoms with Crippen LogP contribution in [0.3, 0.4) is 0 Å². The molecule has 0 radical (unpaired) electrons. The summed E-state index contributed by atoms with van der Waals surface area (Å²) in [6, 6.07) is 14.8. The van der Waals surface area contributed by atoms with Crippen LogP contribution in [0.5, 0.6) is 10.9 Å². The van der Waals surface area contributed by atoms with E-state index in [1.165, 1.54) is 29.2 Å². The van der Waals surface area contributed by atoms with Gasteiger partial charge in [-0.15, -0.1) is 0 Å². The number of fused-ring (bicyclic) bond motifs is 4. The number of piperidine rings is 1. The summed E-state index contributed by atoms with van der Waals surface area (Å²) < 4.78 is 7.16. The highest BCUT2D eigenvalue weighted by atomic mass is 32.1. The Hall–Kier alpha value is -3.43. The number of hydrogen-bond acceptors (Lipinski definition) is 6. The van der Waals surface area contributed by atoms with Crippen molar-refractivity contribution < 1.29 is 19.4 Å². The first kappa shape index (κ1) is 23.0. The summed E-state index contributed by atoms with van der Waals surface area (Å²) >= 11 is 1.53. The zero-order valence-corrected chi connectivity index (χ0v) is 20.8. The number of para-hydroxylation sites is 1. The molecule has 4 aromatic rings. The molecule has 186 valence electrons. The van der Waals surface area contributed by atoms with Crippen LogP contribution >= 0.6 is 11.3 Å². The minimum absolute atomic E-state index is 0.00228. The molecule has 3 atom stereocenters. The fourth-order valence-electron chi connectivity index (χ4n) is 5.95. The number of rotatable bonds is 7. The second-order valence-electron chi connectivity index (χ2n) is 9.79. The van der Waals surface area contributed by atoms with Gasteiger partial charge in [0.15, 0.2) is 0 Å². The van der Waals surface area contributed by atoms with Gasteiger partial charge in [0.1, 0.15) is 12.3 Å². The zero-order valence-electron chi connectivity index (χ0n) is 20.0. The third-order valence-corrected chi connectivity index (χ3v) is 8.50. The highest BCUT2D eigenvalue weighted by Crippen LogP contribution is 2.40. The Morgan fingerprint density at radius 1 is 1.19 bits per heavy atom. The molecular formula is C27H28N4O4S. The van der Waals surface area contributed by atoms with Gasteiger partial charge in [0.2, 0.25) is 5.91 Å². The molecule has 2 aliphatic heterocycles. The van der Waals surface area contributed by atoms with Crippen molar-refractivity contribution >= 4 is 44.3 Å². The first-order chi connectivity index (χ1) is 17.4. The summed E-state index contributed by atoms with van der Waals surface area (Å²) in [6.45, 7) is 2.08. The second kappa shape index (κ2) is 9.22. The fourth-order valence-corrected chi connectivity index (χ4v) is 6.79. The minimum atomic E-state index is -0.953. The lowest BCUT2D eigenvalue weighted by atomic mass is 9.95. The predicted molar refractivity (Wildman–Crippen MR) is 138 cm³/mol. The number of nitrogens with zero attached hydrogens (tertiary/aromatic N) is 3. The van der Waals surface area contributed by atoms with E-state index in [0.717, 1.165) is 53.7 Å². The van der Waals surface area contributed by atoms with Gasteiger partial charge in [-0.1, -0.05) is 23.5 Å². The van der Waals surface area contributed by atoms with Gasteiger partial charge in [-0.2, -0.15) is 0 Å². The van der Waals surface area contributed by atoms with Crippen LogP contribution in [0.15, 0.2) is 48.7 Å².